The van der Waals surface area contributed by atoms with Gasteiger partial charge < -0.3 is 29.7 Å². The van der Waals surface area contributed by atoms with Crippen LogP contribution in [0.25, 0.3) is 10.9 Å². The van der Waals surface area contributed by atoms with E-state index in [9.17, 15) is 14.0 Å². The van der Waals surface area contributed by atoms with Crippen molar-refractivity contribution in [2.24, 2.45) is 5.41 Å². The van der Waals surface area contributed by atoms with Crippen molar-refractivity contribution >= 4 is 34.1 Å². The van der Waals surface area contributed by atoms with E-state index >= 15 is 4.39 Å². The summed E-state index contributed by atoms with van der Waals surface area (Å²) in [7, 11) is 1.56. The summed E-state index contributed by atoms with van der Waals surface area (Å²) in [5, 5.41) is 5.91. The first-order valence-electron chi connectivity index (χ1n) is 15.5. The monoisotopic (exact) mass is 630 g/mol. The number of fused-ring (bicyclic) bond motifs is 1. The van der Waals surface area contributed by atoms with Crippen molar-refractivity contribution in [1.29, 1.82) is 0 Å². The number of pyridine rings is 1. The predicted octanol–water partition coefficient (Wildman–Crippen LogP) is 6.93. The molecular formula is C35H36F2N4O5. The van der Waals surface area contributed by atoms with E-state index in [0.29, 0.717) is 53.3 Å². The molecule has 6 rings (SSSR count). The van der Waals surface area contributed by atoms with Crippen LogP contribution in [-0.2, 0) is 9.59 Å². The molecule has 2 heterocycles. The first-order valence-corrected chi connectivity index (χ1v) is 15.5. The van der Waals surface area contributed by atoms with Crippen molar-refractivity contribution in [2.75, 3.05) is 44.0 Å². The Balaban J connectivity index is 1.10. The normalized spacial score (nSPS) is 15.6. The number of halogens is 2. The Bertz CT molecular complexity index is 1720. The zero-order chi connectivity index (χ0) is 32.1. The van der Waals surface area contributed by atoms with Gasteiger partial charge in [-0.05, 0) is 93.7 Å². The van der Waals surface area contributed by atoms with Gasteiger partial charge in [0.05, 0.1) is 19.2 Å². The summed E-state index contributed by atoms with van der Waals surface area (Å²) < 4.78 is 46.1. The van der Waals surface area contributed by atoms with Crippen LogP contribution in [0.5, 0.6) is 23.0 Å². The van der Waals surface area contributed by atoms with Crippen LogP contribution in [0.2, 0.25) is 0 Å². The number of anilines is 2. The van der Waals surface area contributed by atoms with Crippen LogP contribution in [0.3, 0.4) is 0 Å². The highest BCUT2D eigenvalue weighted by atomic mass is 19.1. The Kier molecular flexibility index (Phi) is 9.30. The first kappa shape index (κ1) is 31.2. The molecule has 4 aromatic rings. The molecule has 2 fully saturated rings. The summed E-state index contributed by atoms with van der Waals surface area (Å²) in [6.07, 6.45) is 6.98. The molecule has 1 aromatic heterocycles. The lowest BCUT2D eigenvalue weighted by atomic mass is 10.0. The molecule has 240 valence electrons. The van der Waals surface area contributed by atoms with Gasteiger partial charge in [-0.2, -0.15) is 0 Å². The molecule has 9 nitrogen and oxygen atoms in total. The molecule has 2 aliphatic rings. The fraction of sp³-hybridized carbons (Fsp3) is 0.343. The number of hydrogen-bond donors (Lipinski definition) is 2. The number of carbonyl (C=O) groups excluding carboxylic acids is 2. The number of rotatable bonds is 12. The first-order chi connectivity index (χ1) is 22.3. The maximum absolute atomic E-state index is 15.2. The molecule has 2 amide bonds. The van der Waals surface area contributed by atoms with E-state index in [2.05, 4.69) is 20.5 Å². The summed E-state index contributed by atoms with van der Waals surface area (Å²) in [6, 6.07) is 14.5. The molecule has 1 saturated carbocycles. The number of ether oxygens (including phenoxy) is 3. The van der Waals surface area contributed by atoms with E-state index in [0.717, 1.165) is 32.1 Å². The van der Waals surface area contributed by atoms with E-state index in [-0.39, 0.29) is 11.4 Å². The van der Waals surface area contributed by atoms with E-state index in [4.69, 9.17) is 14.2 Å². The second kappa shape index (κ2) is 13.7. The van der Waals surface area contributed by atoms with Crippen LogP contribution in [0.4, 0.5) is 20.2 Å². The molecule has 2 N–H and O–H groups in total. The van der Waals surface area contributed by atoms with Crippen molar-refractivity contribution in [2.45, 2.75) is 38.5 Å². The highest BCUT2D eigenvalue weighted by Crippen LogP contribution is 2.47. The summed E-state index contributed by atoms with van der Waals surface area (Å²) in [5.74, 6) is -0.786. The minimum absolute atomic E-state index is 0.0577. The largest absolute Gasteiger partial charge is 0.493 e. The molecule has 11 heteroatoms. The Hall–Kier alpha value is -4.77. The third-order valence-corrected chi connectivity index (χ3v) is 8.44. The second-order valence-electron chi connectivity index (χ2n) is 11.7. The molecule has 0 unspecified atom stereocenters. The third kappa shape index (κ3) is 7.04. The number of likely N-dealkylation sites (tertiary alicyclic amines) is 1. The van der Waals surface area contributed by atoms with E-state index in [1.54, 1.807) is 31.5 Å². The number of piperidine rings is 1. The smallest absolute Gasteiger partial charge is 0.240 e. The van der Waals surface area contributed by atoms with Crippen molar-refractivity contribution in [1.82, 2.24) is 9.88 Å². The average Bonchev–Trinajstić information content (AvgIpc) is 3.88. The van der Waals surface area contributed by atoms with Crippen LogP contribution in [0, 0.1) is 17.0 Å². The Morgan fingerprint density at radius 1 is 0.848 bits per heavy atom. The maximum Gasteiger partial charge on any atom is 0.240 e. The van der Waals surface area contributed by atoms with Gasteiger partial charge in [0.25, 0.3) is 0 Å². The molecule has 1 saturated heterocycles. The molecular weight excluding hydrogens is 594 g/mol. The Morgan fingerprint density at radius 3 is 2.26 bits per heavy atom. The lowest BCUT2D eigenvalue weighted by Gasteiger charge is -2.26. The molecule has 0 radical (unpaired) electrons. The number of nitrogens with zero attached hydrogens (tertiary/aromatic N) is 2. The van der Waals surface area contributed by atoms with Crippen molar-refractivity contribution in [3.8, 4) is 23.0 Å². The van der Waals surface area contributed by atoms with Gasteiger partial charge in [0.1, 0.15) is 17.0 Å². The number of amides is 2. The molecule has 1 aliphatic carbocycles. The van der Waals surface area contributed by atoms with Gasteiger partial charge >= 0.3 is 0 Å². The zero-order valence-electron chi connectivity index (χ0n) is 25.6. The molecule has 3 aromatic carbocycles. The highest BCUT2D eigenvalue weighted by molar-refractivity contribution is 6.16. The topological polar surface area (TPSA) is 102 Å². The minimum Gasteiger partial charge on any atom is -0.493 e. The maximum atomic E-state index is 15.2. The van der Waals surface area contributed by atoms with Gasteiger partial charge in [0.15, 0.2) is 23.1 Å². The fourth-order valence-electron chi connectivity index (χ4n) is 5.64. The lowest BCUT2D eigenvalue weighted by Crippen LogP contribution is -2.35. The average molecular weight is 631 g/mol. The Labute approximate surface area is 265 Å². The number of methoxy groups -OCH3 is 1. The van der Waals surface area contributed by atoms with Gasteiger partial charge in [-0.15, -0.1) is 0 Å². The SMILES string of the molecule is COc1cc2c(Oc3ccc(NC(=O)C4(C(=O)Nc5ccc(F)cc5)CC4)cc3F)ccnc2cc1OCCCN1CCCCC1. The van der Waals surface area contributed by atoms with Crippen LogP contribution in [0.1, 0.15) is 38.5 Å². The summed E-state index contributed by atoms with van der Waals surface area (Å²) in [4.78, 5) is 32.8. The van der Waals surface area contributed by atoms with Crippen molar-refractivity contribution in [3.05, 3.63) is 78.5 Å². The van der Waals surface area contributed by atoms with Crippen molar-refractivity contribution < 1.29 is 32.6 Å². The van der Waals surface area contributed by atoms with Gasteiger partial charge in [-0.3, -0.25) is 14.6 Å². The predicted molar refractivity (Wildman–Crippen MR) is 170 cm³/mol. The minimum atomic E-state index is -1.27. The van der Waals surface area contributed by atoms with Crippen LogP contribution >= 0.6 is 0 Å². The molecule has 1 aliphatic heterocycles. The number of carbonyl (C=O) groups is 2. The van der Waals surface area contributed by atoms with Gasteiger partial charge in [-0.25, -0.2) is 8.78 Å². The number of aromatic nitrogens is 1. The molecule has 0 spiro atoms. The molecule has 0 atom stereocenters. The van der Waals surface area contributed by atoms with Crippen LogP contribution in [-0.4, -0.2) is 55.0 Å². The molecule has 46 heavy (non-hydrogen) atoms. The highest BCUT2D eigenvalue weighted by Gasteiger charge is 2.56. The van der Waals surface area contributed by atoms with Crippen molar-refractivity contribution in [3.63, 3.8) is 0 Å². The number of hydrogen-bond acceptors (Lipinski definition) is 7. The quantitative estimate of drug-likeness (QED) is 0.129. The van der Waals surface area contributed by atoms with Gasteiger partial charge in [-0.1, -0.05) is 6.42 Å². The summed E-state index contributed by atoms with van der Waals surface area (Å²) in [5.41, 5.74) is -0.113. The van der Waals surface area contributed by atoms with E-state index in [1.165, 1.54) is 55.7 Å². The van der Waals surface area contributed by atoms with E-state index < -0.39 is 28.9 Å². The third-order valence-electron chi connectivity index (χ3n) is 8.44. The standard InChI is InChI=1S/C35H36F2N4O5/c1-44-31-21-26-28(22-32(31)45-19-5-18-41-16-3-2-4-17-41)38-15-12-29(26)46-30-11-10-25(20-27(30)37)40-34(43)35(13-14-35)33(42)39-24-8-6-23(36)7-9-24/h6-12,15,20-22H,2-5,13-14,16-19H2,1H3,(H,39,42)(H,40,43). The number of benzene rings is 3. The molecule has 0 bridgehead atoms. The lowest BCUT2D eigenvalue weighted by molar-refractivity contribution is -0.131. The van der Waals surface area contributed by atoms with Gasteiger partial charge in [0, 0.05) is 41.6 Å². The van der Waals surface area contributed by atoms with Crippen LogP contribution < -0.4 is 24.8 Å². The van der Waals surface area contributed by atoms with Gasteiger partial charge in [0.2, 0.25) is 11.8 Å². The summed E-state index contributed by atoms with van der Waals surface area (Å²) >= 11 is 0. The van der Waals surface area contributed by atoms with Crippen LogP contribution in [0.15, 0.2) is 66.9 Å². The Morgan fingerprint density at radius 2 is 1.57 bits per heavy atom. The number of nitrogens with one attached hydrogen (secondary N) is 2. The summed E-state index contributed by atoms with van der Waals surface area (Å²) in [6.45, 7) is 3.82. The second-order valence-corrected chi connectivity index (χ2v) is 11.7. The zero-order valence-corrected chi connectivity index (χ0v) is 25.6. The van der Waals surface area contributed by atoms with E-state index in [1.807, 2.05) is 0 Å². The fourth-order valence-corrected chi connectivity index (χ4v) is 5.64.